The van der Waals surface area contributed by atoms with Crippen molar-refractivity contribution in [3.05, 3.63) is 59.8 Å². The van der Waals surface area contributed by atoms with Crippen molar-refractivity contribution in [2.75, 3.05) is 21.3 Å². The summed E-state index contributed by atoms with van der Waals surface area (Å²) >= 11 is 0. The number of aromatic amines is 1. The summed E-state index contributed by atoms with van der Waals surface area (Å²) in [6, 6.07) is 14.6. The number of hydrogen-bond acceptors (Lipinski definition) is 6. The van der Waals surface area contributed by atoms with Gasteiger partial charge in [0, 0.05) is 17.7 Å². The molecule has 28 heavy (non-hydrogen) atoms. The standard InChI is InChI=1S/C20H20N4O4/c1-26-14-9-18(27-2)15(19(10-14)28-3)12-21-24-20(25)17-11-16(22-23-17)13-7-5-4-6-8-13/h4-12H,1-3H3,(H,22,23)(H,24,25)/b21-12-. The molecular formula is C20H20N4O4. The van der Waals surface area contributed by atoms with Gasteiger partial charge in [-0.2, -0.15) is 10.2 Å². The van der Waals surface area contributed by atoms with Crippen LogP contribution in [0.15, 0.2) is 53.6 Å². The molecule has 0 unspecified atom stereocenters. The minimum absolute atomic E-state index is 0.296. The molecule has 2 aromatic carbocycles. The number of nitrogens with zero attached hydrogens (tertiary/aromatic N) is 2. The Labute approximate surface area is 162 Å². The molecule has 0 spiro atoms. The fourth-order valence-electron chi connectivity index (χ4n) is 2.57. The molecule has 144 valence electrons. The van der Waals surface area contributed by atoms with Gasteiger partial charge in [-0.05, 0) is 6.07 Å². The van der Waals surface area contributed by atoms with E-state index in [1.807, 2.05) is 30.3 Å². The Bertz CT molecular complexity index is 958. The molecule has 2 N–H and O–H groups in total. The van der Waals surface area contributed by atoms with Gasteiger partial charge in [0.2, 0.25) is 0 Å². The van der Waals surface area contributed by atoms with Gasteiger partial charge < -0.3 is 14.2 Å². The van der Waals surface area contributed by atoms with E-state index in [1.165, 1.54) is 20.4 Å². The molecule has 0 atom stereocenters. The maximum atomic E-state index is 12.3. The number of carbonyl (C=O) groups is 1. The summed E-state index contributed by atoms with van der Waals surface area (Å²) in [5.74, 6) is 1.17. The van der Waals surface area contributed by atoms with Crippen LogP contribution in [0.3, 0.4) is 0 Å². The monoisotopic (exact) mass is 380 g/mol. The average Bonchev–Trinajstić information content (AvgIpc) is 3.24. The number of hydrazone groups is 1. The lowest BCUT2D eigenvalue weighted by atomic mass is 10.1. The molecule has 0 aliphatic carbocycles. The summed E-state index contributed by atoms with van der Waals surface area (Å²) < 4.78 is 15.9. The lowest BCUT2D eigenvalue weighted by Crippen LogP contribution is -2.18. The van der Waals surface area contributed by atoms with E-state index in [-0.39, 0.29) is 0 Å². The molecule has 1 amide bonds. The highest BCUT2D eigenvalue weighted by atomic mass is 16.5. The van der Waals surface area contributed by atoms with E-state index in [1.54, 1.807) is 25.3 Å². The summed E-state index contributed by atoms with van der Waals surface area (Å²) in [7, 11) is 4.61. The molecule has 1 aromatic heterocycles. The lowest BCUT2D eigenvalue weighted by molar-refractivity contribution is 0.0950. The molecule has 0 saturated carbocycles. The summed E-state index contributed by atoms with van der Waals surface area (Å²) in [4.78, 5) is 12.3. The topological polar surface area (TPSA) is 97.8 Å². The van der Waals surface area contributed by atoms with Crippen LogP contribution in [-0.4, -0.2) is 43.6 Å². The molecular weight excluding hydrogens is 360 g/mol. The number of rotatable bonds is 7. The van der Waals surface area contributed by atoms with Crippen molar-refractivity contribution in [1.82, 2.24) is 15.6 Å². The first-order valence-electron chi connectivity index (χ1n) is 8.40. The Hall–Kier alpha value is -3.81. The van der Waals surface area contributed by atoms with Crippen LogP contribution in [0.4, 0.5) is 0 Å². The third kappa shape index (κ3) is 4.12. The van der Waals surface area contributed by atoms with Crippen molar-refractivity contribution < 1.29 is 19.0 Å². The summed E-state index contributed by atoms with van der Waals surface area (Å²) in [6.07, 6.45) is 1.45. The molecule has 0 fully saturated rings. The Kier molecular flexibility index (Phi) is 5.91. The maximum absolute atomic E-state index is 12.3. The van der Waals surface area contributed by atoms with Crippen molar-refractivity contribution in [3.8, 4) is 28.5 Å². The minimum Gasteiger partial charge on any atom is -0.496 e. The number of H-pyrrole nitrogens is 1. The number of methoxy groups -OCH3 is 3. The zero-order valence-corrected chi connectivity index (χ0v) is 15.7. The van der Waals surface area contributed by atoms with Gasteiger partial charge >= 0.3 is 0 Å². The third-order valence-corrected chi connectivity index (χ3v) is 4.00. The molecule has 3 rings (SSSR count). The predicted octanol–water partition coefficient (Wildman–Crippen LogP) is 2.87. The van der Waals surface area contributed by atoms with E-state index in [4.69, 9.17) is 14.2 Å². The van der Waals surface area contributed by atoms with Crippen LogP contribution in [0.2, 0.25) is 0 Å². The van der Waals surface area contributed by atoms with E-state index in [9.17, 15) is 4.79 Å². The highest BCUT2D eigenvalue weighted by Gasteiger charge is 2.13. The molecule has 0 aliphatic rings. The lowest BCUT2D eigenvalue weighted by Gasteiger charge is -2.12. The van der Waals surface area contributed by atoms with Crippen LogP contribution in [-0.2, 0) is 0 Å². The van der Waals surface area contributed by atoms with Crippen molar-refractivity contribution >= 4 is 12.1 Å². The number of hydrogen-bond donors (Lipinski definition) is 2. The summed E-state index contributed by atoms with van der Waals surface area (Å²) in [6.45, 7) is 0. The SMILES string of the molecule is COc1cc(OC)c(/C=N\NC(=O)c2cc(-c3ccccc3)n[nH]2)c(OC)c1. The molecule has 0 bridgehead atoms. The largest absolute Gasteiger partial charge is 0.496 e. The molecule has 3 aromatic rings. The molecule has 0 aliphatic heterocycles. The quantitative estimate of drug-likeness (QED) is 0.485. The average molecular weight is 380 g/mol. The Morgan fingerprint density at radius 3 is 2.32 bits per heavy atom. The van der Waals surface area contributed by atoms with E-state index >= 15 is 0 Å². The highest BCUT2D eigenvalue weighted by Crippen LogP contribution is 2.32. The smallest absolute Gasteiger partial charge is 0.289 e. The van der Waals surface area contributed by atoms with Crippen molar-refractivity contribution in [2.24, 2.45) is 5.10 Å². The van der Waals surface area contributed by atoms with Crippen LogP contribution >= 0.6 is 0 Å². The van der Waals surface area contributed by atoms with Gasteiger partial charge in [0.15, 0.2) is 0 Å². The van der Waals surface area contributed by atoms with Crippen LogP contribution in [0.25, 0.3) is 11.3 Å². The second-order valence-corrected chi connectivity index (χ2v) is 5.68. The van der Waals surface area contributed by atoms with Gasteiger partial charge in [-0.25, -0.2) is 5.43 Å². The van der Waals surface area contributed by atoms with Gasteiger partial charge in [-0.1, -0.05) is 30.3 Å². The summed E-state index contributed by atoms with van der Waals surface area (Å²) in [5, 5.41) is 10.9. The Morgan fingerprint density at radius 2 is 1.71 bits per heavy atom. The zero-order valence-electron chi connectivity index (χ0n) is 15.7. The number of ether oxygens (including phenoxy) is 3. The maximum Gasteiger partial charge on any atom is 0.289 e. The van der Waals surface area contributed by atoms with Crippen LogP contribution in [0, 0.1) is 0 Å². The van der Waals surface area contributed by atoms with Gasteiger partial charge in [-0.3, -0.25) is 9.89 Å². The van der Waals surface area contributed by atoms with Gasteiger partial charge in [0.05, 0.1) is 38.8 Å². The second kappa shape index (κ2) is 8.72. The Morgan fingerprint density at radius 1 is 1.04 bits per heavy atom. The summed E-state index contributed by atoms with van der Waals surface area (Å²) in [5.41, 5.74) is 4.91. The van der Waals surface area contributed by atoms with Crippen molar-refractivity contribution in [2.45, 2.75) is 0 Å². The van der Waals surface area contributed by atoms with Crippen LogP contribution < -0.4 is 19.6 Å². The number of nitrogens with one attached hydrogen (secondary N) is 2. The van der Waals surface area contributed by atoms with Gasteiger partial charge in [-0.15, -0.1) is 0 Å². The van der Waals surface area contributed by atoms with Crippen molar-refractivity contribution in [3.63, 3.8) is 0 Å². The number of amides is 1. The van der Waals surface area contributed by atoms with E-state index in [0.717, 1.165) is 5.56 Å². The number of benzene rings is 2. The first-order valence-corrected chi connectivity index (χ1v) is 8.40. The number of aromatic nitrogens is 2. The van der Waals surface area contributed by atoms with Gasteiger partial charge in [0.25, 0.3) is 5.91 Å². The zero-order chi connectivity index (χ0) is 19.9. The fourth-order valence-corrected chi connectivity index (χ4v) is 2.57. The molecule has 8 nitrogen and oxygen atoms in total. The van der Waals surface area contributed by atoms with E-state index in [2.05, 4.69) is 20.7 Å². The molecule has 8 heteroatoms. The van der Waals surface area contributed by atoms with E-state index in [0.29, 0.717) is 34.2 Å². The van der Waals surface area contributed by atoms with Gasteiger partial charge in [0.1, 0.15) is 22.9 Å². The first kappa shape index (κ1) is 19.0. The minimum atomic E-state index is -0.419. The normalized spacial score (nSPS) is 10.7. The predicted molar refractivity (Wildman–Crippen MR) is 105 cm³/mol. The highest BCUT2D eigenvalue weighted by molar-refractivity contribution is 5.95. The molecule has 0 radical (unpaired) electrons. The van der Waals surface area contributed by atoms with Crippen molar-refractivity contribution in [1.29, 1.82) is 0 Å². The molecule has 1 heterocycles. The second-order valence-electron chi connectivity index (χ2n) is 5.68. The third-order valence-electron chi connectivity index (χ3n) is 4.00. The van der Waals surface area contributed by atoms with Crippen LogP contribution in [0.5, 0.6) is 17.2 Å². The van der Waals surface area contributed by atoms with E-state index < -0.39 is 5.91 Å². The number of carbonyl (C=O) groups excluding carboxylic acids is 1. The first-order chi connectivity index (χ1) is 13.7. The fraction of sp³-hybridized carbons (Fsp3) is 0.150. The Balaban J connectivity index is 1.75. The molecule has 0 saturated heterocycles. The van der Waals surface area contributed by atoms with Crippen LogP contribution in [0.1, 0.15) is 16.1 Å².